The molecule has 0 aliphatic carbocycles. The first-order valence-electron chi connectivity index (χ1n) is 8.74. The van der Waals surface area contributed by atoms with Crippen LogP contribution in [0.1, 0.15) is 0 Å². The fourth-order valence-electron chi connectivity index (χ4n) is 2.55. The predicted molar refractivity (Wildman–Crippen MR) is 121 cm³/mol. The van der Waals surface area contributed by atoms with Crippen molar-refractivity contribution in [2.24, 2.45) is 0 Å². The maximum absolute atomic E-state index is 13.1. The van der Waals surface area contributed by atoms with Crippen LogP contribution in [-0.4, -0.2) is 32.7 Å². The van der Waals surface area contributed by atoms with E-state index in [4.69, 9.17) is 21.7 Å². The Morgan fingerprint density at radius 1 is 0.933 bits per heavy atom. The van der Waals surface area contributed by atoms with Crippen molar-refractivity contribution in [1.82, 2.24) is 4.98 Å². The molecular formula is C20H20N4O4S2. The number of anilines is 3. The van der Waals surface area contributed by atoms with Crippen LogP contribution in [0.2, 0.25) is 0 Å². The second kappa shape index (κ2) is 9.42. The fourth-order valence-corrected chi connectivity index (χ4v) is 4.01. The largest absolute Gasteiger partial charge is 0.497 e. The third-order valence-electron chi connectivity index (χ3n) is 3.99. The molecule has 0 atom stereocenters. The number of hydrogen-bond acceptors (Lipinski definition) is 6. The van der Waals surface area contributed by atoms with Crippen molar-refractivity contribution in [1.29, 1.82) is 0 Å². The van der Waals surface area contributed by atoms with Crippen molar-refractivity contribution < 1.29 is 17.9 Å². The van der Waals surface area contributed by atoms with Gasteiger partial charge in [0.15, 0.2) is 5.11 Å². The average Bonchev–Trinajstić information content (AvgIpc) is 2.75. The van der Waals surface area contributed by atoms with Gasteiger partial charge in [0.2, 0.25) is 0 Å². The Morgan fingerprint density at radius 2 is 1.63 bits per heavy atom. The number of ether oxygens (including phenoxy) is 2. The molecule has 0 unspecified atom stereocenters. The van der Waals surface area contributed by atoms with Crippen LogP contribution in [0, 0.1) is 0 Å². The van der Waals surface area contributed by atoms with E-state index in [-0.39, 0.29) is 10.0 Å². The molecule has 1 heterocycles. The Hall–Kier alpha value is -3.37. The van der Waals surface area contributed by atoms with Crippen molar-refractivity contribution in [2.45, 2.75) is 4.90 Å². The lowest BCUT2D eigenvalue weighted by atomic mass is 10.3. The van der Waals surface area contributed by atoms with Crippen molar-refractivity contribution in [3.05, 3.63) is 67.0 Å². The smallest absolute Gasteiger partial charge is 0.264 e. The van der Waals surface area contributed by atoms with E-state index < -0.39 is 10.0 Å². The third-order valence-corrected chi connectivity index (χ3v) is 5.61. The van der Waals surface area contributed by atoms with E-state index in [0.29, 0.717) is 28.6 Å². The summed E-state index contributed by atoms with van der Waals surface area (Å²) < 4.78 is 39.0. The van der Waals surface area contributed by atoms with Crippen LogP contribution in [0.5, 0.6) is 11.5 Å². The third kappa shape index (κ3) is 5.37. The Labute approximate surface area is 180 Å². The van der Waals surface area contributed by atoms with Crippen molar-refractivity contribution in [3.8, 4) is 11.5 Å². The molecule has 0 fully saturated rings. The van der Waals surface area contributed by atoms with Crippen molar-refractivity contribution in [3.63, 3.8) is 0 Å². The monoisotopic (exact) mass is 444 g/mol. The molecule has 0 saturated heterocycles. The zero-order valence-corrected chi connectivity index (χ0v) is 17.9. The summed E-state index contributed by atoms with van der Waals surface area (Å²) in [7, 11) is -0.948. The molecule has 3 aromatic rings. The lowest BCUT2D eigenvalue weighted by Crippen LogP contribution is -2.22. The van der Waals surface area contributed by atoms with E-state index in [1.54, 1.807) is 60.9 Å². The van der Waals surface area contributed by atoms with Gasteiger partial charge in [-0.2, -0.15) is 0 Å². The minimum absolute atomic E-state index is 0.0204. The summed E-state index contributed by atoms with van der Waals surface area (Å²) in [6.45, 7) is 0. The van der Waals surface area contributed by atoms with Crippen LogP contribution in [0.3, 0.4) is 0 Å². The summed E-state index contributed by atoms with van der Waals surface area (Å²) in [5.41, 5.74) is 1.35. The predicted octanol–water partition coefficient (Wildman–Crippen LogP) is 3.71. The van der Waals surface area contributed by atoms with Gasteiger partial charge in [-0.25, -0.2) is 8.42 Å². The standard InChI is InChI=1S/C20H20N4O4S2/c1-27-16-7-5-14(6-8-16)24-30(25,26)19-12-17(28-2)9-10-18(19)23-20(29)22-15-4-3-11-21-13-15/h3-13,24H,1-2H3,(H2,22,23,29). The van der Waals surface area contributed by atoms with Gasteiger partial charge in [0.25, 0.3) is 10.0 Å². The van der Waals surface area contributed by atoms with Crippen LogP contribution in [-0.2, 0) is 10.0 Å². The maximum atomic E-state index is 13.1. The van der Waals surface area contributed by atoms with Gasteiger partial charge in [-0.05, 0) is 60.7 Å². The molecule has 0 amide bonds. The summed E-state index contributed by atoms with van der Waals surface area (Å²) in [5.74, 6) is 1.01. The second-order valence-corrected chi connectivity index (χ2v) is 8.08. The van der Waals surface area contributed by atoms with Gasteiger partial charge < -0.3 is 20.1 Å². The van der Waals surface area contributed by atoms with E-state index >= 15 is 0 Å². The number of hydrogen-bond donors (Lipinski definition) is 3. The molecule has 0 radical (unpaired) electrons. The number of methoxy groups -OCH3 is 2. The number of nitrogens with one attached hydrogen (secondary N) is 3. The fraction of sp³-hybridized carbons (Fsp3) is 0.100. The maximum Gasteiger partial charge on any atom is 0.264 e. The van der Waals surface area contributed by atoms with Crippen molar-refractivity contribution in [2.75, 3.05) is 29.6 Å². The SMILES string of the molecule is COc1ccc(NS(=O)(=O)c2cc(OC)ccc2NC(=S)Nc2cccnc2)cc1. The number of sulfonamides is 1. The van der Waals surface area contributed by atoms with Gasteiger partial charge >= 0.3 is 0 Å². The molecule has 2 aromatic carbocycles. The Morgan fingerprint density at radius 3 is 2.27 bits per heavy atom. The Kier molecular flexibility index (Phi) is 6.70. The molecule has 30 heavy (non-hydrogen) atoms. The molecule has 0 bridgehead atoms. The normalized spacial score (nSPS) is 10.7. The minimum Gasteiger partial charge on any atom is -0.497 e. The topological polar surface area (TPSA) is 102 Å². The molecule has 0 aliphatic heterocycles. The Balaban J connectivity index is 1.87. The molecule has 156 valence electrons. The first-order chi connectivity index (χ1) is 14.4. The molecule has 1 aromatic heterocycles. The molecule has 0 aliphatic rings. The minimum atomic E-state index is -3.95. The van der Waals surface area contributed by atoms with E-state index in [0.717, 1.165) is 0 Å². The van der Waals surface area contributed by atoms with Gasteiger partial charge in [0.1, 0.15) is 16.4 Å². The summed E-state index contributed by atoms with van der Waals surface area (Å²) >= 11 is 5.31. The molecule has 10 heteroatoms. The number of aromatic nitrogens is 1. The molecule has 0 saturated carbocycles. The zero-order valence-electron chi connectivity index (χ0n) is 16.2. The van der Waals surface area contributed by atoms with E-state index in [9.17, 15) is 8.42 Å². The second-order valence-electron chi connectivity index (χ2n) is 6.02. The number of thiocarbonyl (C=S) groups is 1. The first-order valence-corrected chi connectivity index (χ1v) is 10.6. The molecule has 8 nitrogen and oxygen atoms in total. The summed E-state index contributed by atoms with van der Waals surface area (Å²) in [6.07, 6.45) is 3.24. The average molecular weight is 445 g/mol. The first kappa shape index (κ1) is 21.3. The molecule has 3 rings (SSSR count). The Bertz CT molecular complexity index is 1120. The highest BCUT2D eigenvalue weighted by Crippen LogP contribution is 2.29. The van der Waals surface area contributed by atoms with Crippen LogP contribution < -0.4 is 24.8 Å². The lowest BCUT2D eigenvalue weighted by molar-refractivity contribution is 0.413. The zero-order chi connectivity index (χ0) is 21.6. The highest BCUT2D eigenvalue weighted by atomic mass is 32.2. The highest BCUT2D eigenvalue weighted by Gasteiger charge is 2.21. The van der Waals surface area contributed by atoms with Gasteiger partial charge in [-0.1, -0.05) is 0 Å². The van der Waals surface area contributed by atoms with Crippen LogP contribution >= 0.6 is 12.2 Å². The van der Waals surface area contributed by atoms with E-state index in [1.807, 2.05) is 0 Å². The van der Waals surface area contributed by atoms with Crippen LogP contribution in [0.4, 0.5) is 17.1 Å². The number of pyridine rings is 1. The van der Waals surface area contributed by atoms with E-state index in [2.05, 4.69) is 20.3 Å². The van der Waals surface area contributed by atoms with Crippen molar-refractivity contribution >= 4 is 44.4 Å². The molecule has 0 spiro atoms. The van der Waals surface area contributed by atoms with E-state index in [1.165, 1.54) is 20.3 Å². The lowest BCUT2D eigenvalue weighted by Gasteiger charge is -2.16. The number of nitrogens with zero attached hydrogens (tertiary/aromatic N) is 1. The summed E-state index contributed by atoms with van der Waals surface area (Å²) in [6, 6.07) is 14.7. The summed E-state index contributed by atoms with van der Waals surface area (Å²) in [4.78, 5) is 3.98. The molecule has 3 N–H and O–H groups in total. The van der Waals surface area contributed by atoms with Gasteiger partial charge in [-0.15, -0.1) is 0 Å². The van der Waals surface area contributed by atoms with Gasteiger partial charge in [0, 0.05) is 18.0 Å². The summed E-state index contributed by atoms with van der Waals surface area (Å²) in [5, 5.41) is 6.09. The number of benzene rings is 2. The number of rotatable bonds is 7. The quantitative estimate of drug-likeness (QED) is 0.474. The highest BCUT2D eigenvalue weighted by molar-refractivity contribution is 7.93. The van der Waals surface area contributed by atoms with Gasteiger partial charge in [0.05, 0.1) is 31.8 Å². The van der Waals surface area contributed by atoms with Crippen LogP contribution in [0.15, 0.2) is 71.9 Å². The van der Waals surface area contributed by atoms with Gasteiger partial charge in [-0.3, -0.25) is 9.71 Å². The molecular weight excluding hydrogens is 424 g/mol. The van der Waals surface area contributed by atoms with Crippen LogP contribution in [0.25, 0.3) is 0 Å².